The van der Waals surface area contributed by atoms with E-state index in [1.807, 2.05) is 0 Å². The van der Waals surface area contributed by atoms with Crippen LogP contribution >= 0.6 is 0 Å². The van der Waals surface area contributed by atoms with E-state index >= 15 is 0 Å². The lowest BCUT2D eigenvalue weighted by atomic mass is 9.89. The first-order chi connectivity index (χ1) is 5.25. The Hall–Kier alpha value is -0.0800. The average molecular weight is 154 g/mol. The topological polar surface area (TPSA) is 29.3 Å². The molecule has 0 aromatic rings. The van der Waals surface area contributed by atoms with E-state index in [2.05, 4.69) is 11.9 Å². The monoisotopic (exact) mass is 154 g/mol. The molecule has 2 fully saturated rings. The molecule has 1 unspecified atom stereocenters. The van der Waals surface area contributed by atoms with Gasteiger partial charge in [-0.3, -0.25) is 0 Å². The molecule has 11 heavy (non-hydrogen) atoms. The molecule has 2 heteroatoms. The van der Waals surface area contributed by atoms with Gasteiger partial charge in [-0.1, -0.05) is 0 Å². The van der Waals surface area contributed by atoms with Crippen molar-refractivity contribution in [3.8, 4) is 0 Å². The van der Waals surface area contributed by atoms with Crippen molar-refractivity contribution in [2.45, 2.75) is 25.3 Å². The van der Waals surface area contributed by atoms with E-state index in [0.717, 1.165) is 11.8 Å². The number of hydrogen-bond acceptors (Lipinski definition) is 2. The van der Waals surface area contributed by atoms with Gasteiger partial charge in [-0.05, 0) is 44.7 Å². The average Bonchev–Trinajstić information content (AvgIpc) is 2.27. The van der Waals surface area contributed by atoms with Crippen LogP contribution < -0.4 is 5.73 Å². The van der Waals surface area contributed by atoms with Crippen LogP contribution in [0, 0.1) is 11.8 Å². The van der Waals surface area contributed by atoms with Gasteiger partial charge in [0, 0.05) is 12.6 Å². The van der Waals surface area contributed by atoms with Gasteiger partial charge in [-0.15, -0.1) is 0 Å². The van der Waals surface area contributed by atoms with Gasteiger partial charge in [-0.2, -0.15) is 0 Å². The zero-order valence-electron chi connectivity index (χ0n) is 7.29. The van der Waals surface area contributed by atoms with Gasteiger partial charge in [0.05, 0.1) is 0 Å². The number of rotatable bonds is 0. The molecule has 0 aromatic heterocycles. The lowest BCUT2D eigenvalue weighted by Crippen LogP contribution is -2.35. The summed E-state index contributed by atoms with van der Waals surface area (Å²) in [5.74, 6) is 1.88. The van der Waals surface area contributed by atoms with Crippen molar-refractivity contribution in [1.82, 2.24) is 4.90 Å². The highest BCUT2D eigenvalue weighted by Crippen LogP contribution is 2.36. The van der Waals surface area contributed by atoms with Gasteiger partial charge in [0.1, 0.15) is 0 Å². The number of fused-ring (bicyclic) bond motifs is 1. The third kappa shape index (κ3) is 1.42. The summed E-state index contributed by atoms with van der Waals surface area (Å²) >= 11 is 0. The highest BCUT2D eigenvalue weighted by Gasteiger charge is 2.35. The van der Waals surface area contributed by atoms with Gasteiger partial charge < -0.3 is 10.6 Å². The molecule has 2 nitrogen and oxygen atoms in total. The van der Waals surface area contributed by atoms with Crippen molar-refractivity contribution in [2.75, 3.05) is 20.1 Å². The smallest absolute Gasteiger partial charge is 0.00448 e. The molecule has 64 valence electrons. The van der Waals surface area contributed by atoms with Crippen molar-refractivity contribution in [2.24, 2.45) is 17.6 Å². The third-order valence-corrected chi connectivity index (χ3v) is 3.31. The van der Waals surface area contributed by atoms with E-state index in [-0.39, 0.29) is 0 Å². The molecule has 0 amide bonds. The Labute approximate surface area is 68.7 Å². The standard InChI is InChI=1S/C9H18N2/c1-11-3-2-7-4-9(10)5-8(7)6-11/h7-9H,2-6,10H2,1H3/t7?,8-,9+/m1/s1. The summed E-state index contributed by atoms with van der Waals surface area (Å²) in [6, 6.07) is 0.511. The van der Waals surface area contributed by atoms with E-state index in [4.69, 9.17) is 5.73 Å². The Bertz CT molecular complexity index is 146. The van der Waals surface area contributed by atoms with Crippen LogP contribution in [0.5, 0.6) is 0 Å². The molecule has 2 aliphatic rings. The summed E-state index contributed by atoms with van der Waals surface area (Å²) in [4.78, 5) is 2.44. The predicted octanol–water partition coefficient (Wildman–Crippen LogP) is 0.675. The van der Waals surface area contributed by atoms with E-state index in [1.54, 1.807) is 0 Å². The number of hydrogen-bond donors (Lipinski definition) is 1. The van der Waals surface area contributed by atoms with Crippen molar-refractivity contribution in [3.05, 3.63) is 0 Å². The Balaban J connectivity index is 1.97. The van der Waals surface area contributed by atoms with Gasteiger partial charge in [0.2, 0.25) is 0 Å². The second-order valence-electron chi connectivity index (χ2n) is 4.30. The Morgan fingerprint density at radius 1 is 1.27 bits per heavy atom. The maximum Gasteiger partial charge on any atom is 0.00448 e. The molecule has 0 aromatic carbocycles. The minimum absolute atomic E-state index is 0.511. The minimum Gasteiger partial charge on any atom is -0.328 e. The lowest BCUT2D eigenvalue weighted by molar-refractivity contribution is 0.166. The molecule has 0 bridgehead atoms. The molecule has 0 spiro atoms. The molecule has 2 rings (SSSR count). The molecular formula is C9H18N2. The van der Waals surface area contributed by atoms with Crippen molar-refractivity contribution in [1.29, 1.82) is 0 Å². The first-order valence-electron chi connectivity index (χ1n) is 4.70. The van der Waals surface area contributed by atoms with Crippen LogP contribution in [0.4, 0.5) is 0 Å². The zero-order chi connectivity index (χ0) is 7.84. The van der Waals surface area contributed by atoms with Crippen LogP contribution in [-0.2, 0) is 0 Å². The summed E-state index contributed by atoms with van der Waals surface area (Å²) < 4.78 is 0. The number of likely N-dealkylation sites (tertiary alicyclic amines) is 1. The fourth-order valence-electron chi connectivity index (χ4n) is 2.71. The summed E-state index contributed by atoms with van der Waals surface area (Å²) in [6.07, 6.45) is 3.95. The minimum atomic E-state index is 0.511. The molecule has 1 saturated carbocycles. The first-order valence-corrected chi connectivity index (χ1v) is 4.70. The predicted molar refractivity (Wildman–Crippen MR) is 46.3 cm³/mol. The summed E-state index contributed by atoms with van der Waals surface area (Å²) in [6.45, 7) is 2.58. The maximum atomic E-state index is 5.92. The fourth-order valence-corrected chi connectivity index (χ4v) is 2.71. The number of nitrogens with zero attached hydrogens (tertiary/aromatic N) is 1. The summed E-state index contributed by atoms with van der Waals surface area (Å²) in [7, 11) is 2.22. The van der Waals surface area contributed by atoms with E-state index < -0.39 is 0 Å². The maximum absolute atomic E-state index is 5.92. The van der Waals surface area contributed by atoms with Crippen LogP contribution in [0.3, 0.4) is 0 Å². The molecule has 2 N–H and O–H groups in total. The second-order valence-corrected chi connectivity index (χ2v) is 4.30. The van der Waals surface area contributed by atoms with Crippen LogP contribution in [-0.4, -0.2) is 31.1 Å². The van der Waals surface area contributed by atoms with Crippen molar-refractivity contribution in [3.63, 3.8) is 0 Å². The molecule has 1 saturated heterocycles. The largest absolute Gasteiger partial charge is 0.328 e. The molecule has 1 heterocycles. The third-order valence-electron chi connectivity index (χ3n) is 3.31. The SMILES string of the molecule is CN1CCC2C[C@H](N)C[C@@H]2C1. The van der Waals surface area contributed by atoms with Crippen molar-refractivity contribution < 1.29 is 0 Å². The van der Waals surface area contributed by atoms with Crippen LogP contribution in [0.1, 0.15) is 19.3 Å². The van der Waals surface area contributed by atoms with Crippen LogP contribution in [0.25, 0.3) is 0 Å². The molecular weight excluding hydrogens is 136 g/mol. The van der Waals surface area contributed by atoms with Gasteiger partial charge in [0.15, 0.2) is 0 Å². The van der Waals surface area contributed by atoms with E-state index in [1.165, 1.54) is 32.4 Å². The van der Waals surface area contributed by atoms with Gasteiger partial charge in [-0.25, -0.2) is 0 Å². The Morgan fingerprint density at radius 3 is 2.82 bits per heavy atom. The fraction of sp³-hybridized carbons (Fsp3) is 1.00. The lowest BCUT2D eigenvalue weighted by Gasteiger charge is -2.32. The Morgan fingerprint density at radius 2 is 2.00 bits per heavy atom. The first kappa shape index (κ1) is 7.56. The van der Waals surface area contributed by atoms with E-state index in [9.17, 15) is 0 Å². The highest BCUT2D eigenvalue weighted by atomic mass is 15.1. The number of nitrogens with two attached hydrogens (primary N) is 1. The molecule has 3 atom stereocenters. The highest BCUT2D eigenvalue weighted by molar-refractivity contribution is 4.89. The number of piperidine rings is 1. The van der Waals surface area contributed by atoms with Crippen LogP contribution in [0.15, 0.2) is 0 Å². The molecule has 1 aliphatic heterocycles. The van der Waals surface area contributed by atoms with Gasteiger partial charge >= 0.3 is 0 Å². The quantitative estimate of drug-likeness (QED) is 0.556. The summed E-state index contributed by atoms with van der Waals surface area (Å²) in [5.41, 5.74) is 5.92. The van der Waals surface area contributed by atoms with Crippen LogP contribution in [0.2, 0.25) is 0 Å². The second kappa shape index (κ2) is 2.76. The zero-order valence-corrected chi connectivity index (χ0v) is 7.29. The Kier molecular flexibility index (Phi) is 1.90. The molecule has 0 radical (unpaired) electrons. The molecule has 1 aliphatic carbocycles. The normalized spacial score (nSPS) is 45.8. The van der Waals surface area contributed by atoms with Crippen molar-refractivity contribution >= 4 is 0 Å². The summed E-state index contributed by atoms with van der Waals surface area (Å²) in [5, 5.41) is 0. The van der Waals surface area contributed by atoms with E-state index in [0.29, 0.717) is 6.04 Å². The van der Waals surface area contributed by atoms with Gasteiger partial charge in [0.25, 0.3) is 0 Å².